The highest BCUT2D eigenvalue weighted by Gasteiger charge is 2.55. The van der Waals surface area contributed by atoms with Gasteiger partial charge in [-0.05, 0) is 28.4 Å². The van der Waals surface area contributed by atoms with Gasteiger partial charge in [0.1, 0.15) is 0 Å². The van der Waals surface area contributed by atoms with Crippen molar-refractivity contribution in [3.8, 4) is 0 Å². The predicted molar refractivity (Wildman–Crippen MR) is 76.9 cm³/mol. The maximum Gasteiger partial charge on any atom is 0.311 e. The van der Waals surface area contributed by atoms with Crippen molar-refractivity contribution in [2.75, 3.05) is 26.3 Å². The number of carboxylic acid groups (broad SMARTS) is 1. The fourth-order valence-corrected chi connectivity index (χ4v) is 4.43. The molecule has 0 bridgehead atoms. The second-order valence-corrected chi connectivity index (χ2v) is 7.12. The lowest BCUT2D eigenvalue weighted by molar-refractivity contribution is -0.157. The normalized spacial score (nSPS) is 29.2. The van der Waals surface area contributed by atoms with E-state index in [-0.39, 0.29) is 18.4 Å². The number of fused-ring (bicyclic) bond motifs is 1. The molecule has 0 radical (unpaired) electrons. The zero-order chi connectivity index (χ0) is 14.3. The van der Waals surface area contributed by atoms with E-state index in [9.17, 15) is 14.7 Å². The number of ether oxygens (including phenoxy) is 1. The molecule has 2 saturated heterocycles. The first-order chi connectivity index (χ1) is 9.53. The van der Waals surface area contributed by atoms with Crippen LogP contribution in [0.4, 0.5) is 0 Å². The van der Waals surface area contributed by atoms with Crippen LogP contribution in [-0.2, 0) is 9.53 Å². The average Bonchev–Trinajstić information content (AvgIpc) is 3.02. The number of likely N-dealkylation sites (tertiary alicyclic amines) is 1. The zero-order valence-electron chi connectivity index (χ0n) is 10.7. The van der Waals surface area contributed by atoms with Gasteiger partial charge in [0.25, 0.3) is 5.91 Å². The molecular weight excluding hydrogens is 346 g/mol. The highest BCUT2D eigenvalue weighted by molar-refractivity contribution is 9.10. The largest absolute Gasteiger partial charge is 0.481 e. The van der Waals surface area contributed by atoms with Crippen LogP contribution in [0, 0.1) is 11.3 Å². The van der Waals surface area contributed by atoms with Gasteiger partial charge in [-0.2, -0.15) is 0 Å². The minimum absolute atomic E-state index is 0.0873. The SMILES string of the molecule is O=C(c1cc(Br)cs1)N1C[C@H]2COCC[C@@]2(C(=O)O)C1. The molecule has 0 spiro atoms. The van der Waals surface area contributed by atoms with Crippen molar-refractivity contribution in [1.82, 2.24) is 4.90 Å². The third-order valence-corrected chi connectivity index (χ3v) is 5.88. The van der Waals surface area contributed by atoms with E-state index in [4.69, 9.17) is 4.74 Å². The number of carbonyl (C=O) groups is 2. The summed E-state index contributed by atoms with van der Waals surface area (Å²) in [4.78, 5) is 26.4. The Morgan fingerprint density at radius 2 is 2.35 bits per heavy atom. The molecule has 0 unspecified atom stereocenters. The molecule has 2 atom stereocenters. The Morgan fingerprint density at radius 1 is 1.55 bits per heavy atom. The molecule has 2 aliphatic heterocycles. The van der Waals surface area contributed by atoms with Crippen LogP contribution in [0.25, 0.3) is 0 Å². The molecule has 2 fully saturated rings. The van der Waals surface area contributed by atoms with Crippen molar-refractivity contribution < 1.29 is 19.4 Å². The second kappa shape index (κ2) is 5.13. The lowest BCUT2D eigenvalue weighted by Gasteiger charge is -2.33. The van der Waals surface area contributed by atoms with E-state index in [1.54, 1.807) is 11.0 Å². The second-order valence-electron chi connectivity index (χ2n) is 5.30. The van der Waals surface area contributed by atoms with Gasteiger partial charge in [0.15, 0.2) is 0 Å². The molecule has 3 rings (SSSR count). The van der Waals surface area contributed by atoms with Gasteiger partial charge in [-0.1, -0.05) is 0 Å². The minimum Gasteiger partial charge on any atom is -0.481 e. The van der Waals surface area contributed by atoms with E-state index in [0.717, 1.165) is 4.47 Å². The van der Waals surface area contributed by atoms with Gasteiger partial charge in [0, 0.05) is 35.5 Å². The van der Waals surface area contributed by atoms with Gasteiger partial charge in [-0.3, -0.25) is 9.59 Å². The number of hydrogen-bond donors (Lipinski definition) is 1. The number of thiophene rings is 1. The van der Waals surface area contributed by atoms with Crippen molar-refractivity contribution >= 4 is 39.1 Å². The number of hydrogen-bond acceptors (Lipinski definition) is 4. The van der Waals surface area contributed by atoms with Gasteiger partial charge in [-0.15, -0.1) is 11.3 Å². The fraction of sp³-hybridized carbons (Fsp3) is 0.538. The first-order valence-corrected chi connectivity index (χ1v) is 8.05. The maximum absolute atomic E-state index is 12.5. The standard InChI is InChI=1S/C13H14BrNO4S/c14-9-3-10(20-6-9)11(16)15-4-8-5-19-2-1-13(8,7-15)12(17)18/h3,6,8H,1-2,4-5,7H2,(H,17,18)/t8-,13+/m0/s1. The monoisotopic (exact) mass is 359 g/mol. The minimum atomic E-state index is -0.831. The lowest BCUT2D eigenvalue weighted by Crippen LogP contribution is -2.45. The number of halogens is 1. The van der Waals surface area contributed by atoms with Crippen molar-refractivity contribution in [2.45, 2.75) is 6.42 Å². The molecule has 5 nitrogen and oxygen atoms in total. The summed E-state index contributed by atoms with van der Waals surface area (Å²) in [7, 11) is 0. The summed E-state index contributed by atoms with van der Waals surface area (Å²) in [6, 6.07) is 1.78. The van der Waals surface area contributed by atoms with Crippen LogP contribution in [0.3, 0.4) is 0 Å². The maximum atomic E-state index is 12.5. The van der Waals surface area contributed by atoms with Crippen LogP contribution < -0.4 is 0 Å². The van der Waals surface area contributed by atoms with Crippen molar-refractivity contribution in [3.63, 3.8) is 0 Å². The molecule has 1 aromatic heterocycles. The molecule has 0 saturated carbocycles. The molecule has 108 valence electrons. The molecule has 2 aliphatic rings. The van der Waals surface area contributed by atoms with Crippen LogP contribution in [0.15, 0.2) is 15.9 Å². The highest BCUT2D eigenvalue weighted by atomic mass is 79.9. The lowest BCUT2D eigenvalue weighted by atomic mass is 9.74. The summed E-state index contributed by atoms with van der Waals surface area (Å²) < 4.78 is 6.26. The van der Waals surface area contributed by atoms with E-state index in [2.05, 4.69) is 15.9 Å². The van der Waals surface area contributed by atoms with Gasteiger partial charge in [0.05, 0.1) is 16.9 Å². The topological polar surface area (TPSA) is 66.8 Å². The summed E-state index contributed by atoms with van der Waals surface area (Å²) in [6.45, 7) is 1.62. The Labute approximate surface area is 128 Å². The van der Waals surface area contributed by atoms with Crippen molar-refractivity contribution in [3.05, 3.63) is 20.8 Å². The first kappa shape index (κ1) is 14.0. The summed E-state index contributed by atoms with van der Waals surface area (Å²) in [6.07, 6.45) is 0.477. The molecule has 0 aromatic carbocycles. The quantitative estimate of drug-likeness (QED) is 0.877. The van der Waals surface area contributed by atoms with E-state index in [0.29, 0.717) is 31.1 Å². The summed E-state index contributed by atoms with van der Waals surface area (Å²) in [5.41, 5.74) is -0.831. The van der Waals surface area contributed by atoms with E-state index >= 15 is 0 Å². The summed E-state index contributed by atoms with van der Waals surface area (Å²) in [5.74, 6) is -1.01. The van der Waals surface area contributed by atoms with E-state index < -0.39 is 11.4 Å². The van der Waals surface area contributed by atoms with E-state index in [1.807, 2.05) is 5.38 Å². The number of amides is 1. The zero-order valence-corrected chi connectivity index (χ0v) is 13.1. The third-order valence-electron chi connectivity index (χ3n) is 4.20. The molecule has 1 amide bonds. The smallest absolute Gasteiger partial charge is 0.311 e. The van der Waals surface area contributed by atoms with Crippen LogP contribution in [0.2, 0.25) is 0 Å². The molecule has 1 N–H and O–H groups in total. The summed E-state index contributed by atoms with van der Waals surface area (Å²) in [5, 5.41) is 11.4. The Morgan fingerprint density at radius 3 is 2.95 bits per heavy atom. The van der Waals surface area contributed by atoms with Crippen LogP contribution in [0.1, 0.15) is 16.1 Å². The van der Waals surface area contributed by atoms with Crippen LogP contribution >= 0.6 is 27.3 Å². The Balaban J connectivity index is 1.84. The Kier molecular flexibility index (Phi) is 3.60. The number of carbonyl (C=O) groups excluding carboxylic acids is 1. The van der Waals surface area contributed by atoms with E-state index in [1.165, 1.54) is 11.3 Å². The number of nitrogens with zero attached hydrogens (tertiary/aromatic N) is 1. The number of aliphatic carboxylic acids is 1. The van der Waals surface area contributed by atoms with Gasteiger partial charge in [-0.25, -0.2) is 0 Å². The molecule has 0 aliphatic carbocycles. The molecule has 3 heterocycles. The number of rotatable bonds is 2. The van der Waals surface area contributed by atoms with Gasteiger partial charge in [0.2, 0.25) is 0 Å². The average molecular weight is 360 g/mol. The van der Waals surface area contributed by atoms with Crippen molar-refractivity contribution in [2.24, 2.45) is 11.3 Å². The first-order valence-electron chi connectivity index (χ1n) is 6.37. The predicted octanol–water partition coefficient (Wildman–Crippen LogP) is 2.07. The molecule has 20 heavy (non-hydrogen) atoms. The molecule has 1 aromatic rings. The molecule has 7 heteroatoms. The Bertz CT molecular complexity index is 560. The van der Waals surface area contributed by atoms with Crippen LogP contribution in [-0.4, -0.2) is 48.2 Å². The number of carboxylic acids is 1. The third kappa shape index (κ3) is 2.17. The highest BCUT2D eigenvalue weighted by Crippen LogP contribution is 2.43. The molecular formula is C13H14BrNO4S. The van der Waals surface area contributed by atoms with Crippen LogP contribution in [0.5, 0.6) is 0 Å². The van der Waals surface area contributed by atoms with Gasteiger partial charge >= 0.3 is 5.97 Å². The Hall–Kier alpha value is -0.920. The van der Waals surface area contributed by atoms with Crippen molar-refractivity contribution in [1.29, 1.82) is 0 Å². The fourth-order valence-electron chi connectivity index (χ4n) is 3.04. The summed E-state index contributed by atoms with van der Waals surface area (Å²) >= 11 is 4.70. The van der Waals surface area contributed by atoms with Gasteiger partial charge < -0.3 is 14.7 Å².